The Bertz CT molecular complexity index is 867. The second-order valence-corrected chi connectivity index (χ2v) is 6.23. The summed E-state index contributed by atoms with van der Waals surface area (Å²) in [6.45, 7) is 0.150. The molecule has 3 rings (SSSR count). The summed E-state index contributed by atoms with van der Waals surface area (Å²) in [4.78, 5) is 37.4. The van der Waals surface area contributed by atoms with Crippen molar-refractivity contribution >= 4 is 35.5 Å². The van der Waals surface area contributed by atoms with Gasteiger partial charge in [0.05, 0.1) is 24.3 Å². The Morgan fingerprint density at radius 2 is 2.00 bits per heavy atom. The Balaban J connectivity index is 1.78. The van der Waals surface area contributed by atoms with Gasteiger partial charge in [0.2, 0.25) is 5.91 Å². The zero-order valence-electron chi connectivity index (χ0n) is 14.0. The van der Waals surface area contributed by atoms with Gasteiger partial charge in [0.1, 0.15) is 11.5 Å². The van der Waals surface area contributed by atoms with Gasteiger partial charge in [-0.3, -0.25) is 14.4 Å². The van der Waals surface area contributed by atoms with Crippen molar-refractivity contribution in [2.24, 2.45) is 5.92 Å². The highest BCUT2D eigenvalue weighted by atomic mass is 35.5. The molecule has 0 aromatic heterocycles. The first kappa shape index (κ1) is 17.9. The third kappa shape index (κ3) is 3.55. The number of nitrogens with zero attached hydrogens (tertiary/aromatic N) is 1. The van der Waals surface area contributed by atoms with Gasteiger partial charge in [0, 0.05) is 18.0 Å². The van der Waals surface area contributed by atoms with E-state index in [-0.39, 0.29) is 30.2 Å². The minimum Gasteiger partial charge on any atom is -0.495 e. The van der Waals surface area contributed by atoms with Gasteiger partial charge >= 0.3 is 5.97 Å². The zero-order chi connectivity index (χ0) is 18.7. The van der Waals surface area contributed by atoms with Crippen LogP contribution < -0.4 is 14.4 Å². The molecule has 134 valence electrons. The average molecular weight is 374 g/mol. The molecule has 0 radical (unpaired) electrons. The van der Waals surface area contributed by atoms with Crippen molar-refractivity contribution in [2.75, 3.05) is 18.6 Å². The van der Waals surface area contributed by atoms with Crippen molar-refractivity contribution in [3.05, 3.63) is 53.1 Å². The molecule has 0 aliphatic carbocycles. The molecule has 7 heteroatoms. The zero-order valence-corrected chi connectivity index (χ0v) is 14.7. The summed E-state index contributed by atoms with van der Waals surface area (Å²) in [5.41, 5.74) is 0.784. The number of hydrogen-bond donors (Lipinski definition) is 0. The number of para-hydroxylation sites is 1. The molecule has 0 bridgehead atoms. The maximum absolute atomic E-state index is 12.5. The summed E-state index contributed by atoms with van der Waals surface area (Å²) in [7, 11) is 1.50. The van der Waals surface area contributed by atoms with Gasteiger partial charge in [-0.1, -0.05) is 23.7 Å². The molecule has 1 aliphatic heterocycles. The number of esters is 1. The highest BCUT2D eigenvalue weighted by Crippen LogP contribution is 2.35. The standard InChI is InChI=1S/C19H16ClNO5/c1-25-17-7-6-14(20)9-15(17)21-10-13(8-18(21)23)19(24)26-16-5-3-2-4-12(16)11-22/h2-7,9,11,13H,8,10H2,1H3/t13-/m0/s1. The van der Waals surface area contributed by atoms with Crippen LogP contribution in [0, 0.1) is 5.92 Å². The Morgan fingerprint density at radius 3 is 2.73 bits per heavy atom. The molecular weight excluding hydrogens is 358 g/mol. The summed E-state index contributed by atoms with van der Waals surface area (Å²) < 4.78 is 10.6. The average Bonchev–Trinajstić information content (AvgIpc) is 3.04. The monoisotopic (exact) mass is 373 g/mol. The van der Waals surface area contributed by atoms with Crippen LogP contribution in [0.1, 0.15) is 16.8 Å². The van der Waals surface area contributed by atoms with Crippen molar-refractivity contribution in [3.63, 3.8) is 0 Å². The van der Waals surface area contributed by atoms with Crippen LogP contribution in [0.2, 0.25) is 5.02 Å². The molecule has 26 heavy (non-hydrogen) atoms. The van der Waals surface area contributed by atoms with Crippen LogP contribution in [0.4, 0.5) is 5.69 Å². The van der Waals surface area contributed by atoms with Crippen LogP contribution >= 0.6 is 11.6 Å². The van der Waals surface area contributed by atoms with Crippen LogP contribution in [0.5, 0.6) is 11.5 Å². The van der Waals surface area contributed by atoms with E-state index in [1.54, 1.807) is 36.4 Å². The van der Waals surface area contributed by atoms with E-state index in [1.807, 2.05) is 0 Å². The minimum atomic E-state index is -0.647. The molecule has 1 saturated heterocycles. The van der Waals surface area contributed by atoms with Crippen molar-refractivity contribution in [2.45, 2.75) is 6.42 Å². The lowest BCUT2D eigenvalue weighted by Crippen LogP contribution is -2.27. The number of ether oxygens (including phenoxy) is 2. The molecule has 1 heterocycles. The number of carbonyl (C=O) groups is 3. The molecule has 1 atom stereocenters. The Labute approximate surface area is 155 Å². The predicted molar refractivity (Wildman–Crippen MR) is 95.9 cm³/mol. The smallest absolute Gasteiger partial charge is 0.316 e. The van der Waals surface area contributed by atoms with E-state index < -0.39 is 11.9 Å². The fourth-order valence-electron chi connectivity index (χ4n) is 2.83. The number of amides is 1. The number of halogens is 1. The highest BCUT2D eigenvalue weighted by Gasteiger charge is 2.37. The van der Waals surface area contributed by atoms with Gasteiger partial charge in [-0.25, -0.2) is 0 Å². The van der Waals surface area contributed by atoms with Crippen LogP contribution in [0.15, 0.2) is 42.5 Å². The van der Waals surface area contributed by atoms with E-state index in [1.165, 1.54) is 18.1 Å². The summed E-state index contributed by atoms with van der Waals surface area (Å²) in [5.74, 6) is -0.764. The van der Waals surface area contributed by atoms with Gasteiger partial charge in [0.25, 0.3) is 0 Å². The largest absolute Gasteiger partial charge is 0.495 e. The molecule has 2 aromatic carbocycles. The van der Waals surface area contributed by atoms with Crippen molar-refractivity contribution < 1.29 is 23.9 Å². The van der Waals surface area contributed by atoms with Gasteiger partial charge in [-0.15, -0.1) is 0 Å². The number of anilines is 1. The van der Waals surface area contributed by atoms with Crippen LogP contribution in [-0.4, -0.2) is 31.8 Å². The molecule has 0 spiro atoms. The van der Waals surface area contributed by atoms with Crippen LogP contribution in [0.3, 0.4) is 0 Å². The lowest BCUT2D eigenvalue weighted by molar-refractivity contribution is -0.139. The quantitative estimate of drug-likeness (QED) is 0.457. The topological polar surface area (TPSA) is 72.9 Å². The number of methoxy groups -OCH3 is 1. The summed E-state index contributed by atoms with van der Waals surface area (Å²) in [6.07, 6.45) is 0.628. The number of carbonyl (C=O) groups excluding carboxylic acids is 3. The van der Waals surface area contributed by atoms with E-state index in [2.05, 4.69) is 0 Å². The minimum absolute atomic E-state index is 0.0117. The fourth-order valence-corrected chi connectivity index (χ4v) is 3.00. The van der Waals surface area contributed by atoms with Gasteiger partial charge in [-0.2, -0.15) is 0 Å². The van der Waals surface area contributed by atoms with Crippen molar-refractivity contribution in [1.29, 1.82) is 0 Å². The number of aldehydes is 1. The van der Waals surface area contributed by atoms with E-state index in [9.17, 15) is 14.4 Å². The first-order chi connectivity index (χ1) is 12.5. The fraction of sp³-hybridized carbons (Fsp3) is 0.211. The SMILES string of the molecule is COc1ccc(Cl)cc1N1C[C@@H](C(=O)Oc2ccccc2C=O)CC1=O. The van der Waals surface area contributed by atoms with Crippen molar-refractivity contribution in [3.8, 4) is 11.5 Å². The van der Waals surface area contributed by atoms with Gasteiger partial charge < -0.3 is 14.4 Å². The third-order valence-corrected chi connectivity index (χ3v) is 4.38. The number of rotatable bonds is 5. The number of benzene rings is 2. The normalized spacial score (nSPS) is 16.5. The molecule has 0 N–H and O–H groups in total. The summed E-state index contributed by atoms with van der Waals surface area (Å²) >= 11 is 6.02. The summed E-state index contributed by atoms with van der Waals surface area (Å²) in [6, 6.07) is 11.4. The summed E-state index contributed by atoms with van der Waals surface area (Å²) in [5, 5.41) is 0.458. The second-order valence-electron chi connectivity index (χ2n) is 5.80. The highest BCUT2D eigenvalue weighted by molar-refractivity contribution is 6.31. The van der Waals surface area contributed by atoms with E-state index in [0.29, 0.717) is 22.7 Å². The lowest BCUT2D eigenvalue weighted by atomic mass is 10.1. The molecular formula is C19H16ClNO5. The van der Waals surface area contributed by atoms with E-state index in [4.69, 9.17) is 21.1 Å². The maximum atomic E-state index is 12.5. The van der Waals surface area contributed by atoms with Crippen molar-refractivity contribution in [1.82, 2.24) is 0 Å². The Morgan fingerprint density at radius 1 is 1.23 bits per heavy atom. The first-order valence-electron chi connectivity index (χ1n) is 7.93. The molecule has 0 saturated carbocycles. The third-order valence-electron chi connectivity index (χ3n) is 4.15. The Hall–Kier alpha value is -2.86. The molecule has 1 fully saturated rings. The molecule has 2 aromatic rings. The number of hydrogen-bond acceptors (Lipinski definition) is 5. The maximum Gasteiger partial charge on any atom is 0.316 e. The van der Waals surface area contributed by atoms with Crippen LogP contribution in [0.25, 0.3) is 0 Å². The van der Waals surface area contributed by atoms with Gasteiger partial charge in [-0.05, 0) is 30.3 Å². The Kier molecular flexibility index (Phi) is 5.23. The molecule has 0 unspecified atom stereocenters. The predicted octanol–water partition coefficient (Wildman–Crippen LogP) is 3.12. The molecule has 1 aliphatic rings. The lowest BCUT2D eigenvalue weighted by Gasteiger charge is -2.19. The molecule has 6 nitrogen and oxygen atoms in total. The van der Waals surface area contributed by atoms with E-state index >= 15 is 0 Å². The van der Waals surface area contributed by atoms with E-state index in [0.717, 1.165) is 0 Å². The second kappa shape index (κ2) is 7.58. The van der Waals surface area contributed by atoms with Gasteiger partial charge in [0.15, 0.2) is 6.29 Å². The molecule has 1 amide bonds. The van der Waals surface area contributed by atoms with Crippen LogP contribution in [-0.2, 0) is 9.59 Å². The first-order valence-corrected chi connectivity index (χ1v) is 8.31.